The van der Waals surface area contributed by atoms with E-state index in [0.717, 1.165) is 60.7 Å². The number of hydrogen-bond acceptors (Lipinski definition) is 3. The summed E-state index contributed by atoms with van der Waals surface area (Å²) in [4.78, 5) is 15.8. The number of benzene rings is 8. The first-order valence-electron chi connectivity index (χ1n) is 17.2. The van der Waals surface area contributed by atoms with Gasteiger partial charge in [-0.2, -0.15) is 0 Å². The molecule has 4 nitrogen and oxygen atoms in total. The van der Waals surface area contributed by atoms with E-state index in [1.54, 1.807) is 0 Å². The smallest absolute Gasteiger partial charge is 0.164 e. The molecule has 0 radical (unpaired) electrons. The average Bonchev–Trinajstić information content (AvgIpc) is 3.55. The Hall–Kier alpha value is -6.91. The van der Waals surface area contributed by atoms with E-state index in [0.29, 0.717) is 17.5 Å². The van der Waals surface area contributed by atoms with Crippen LogP contribution in [0.2, 0.25) is 0 Å². The van der Waals surface area contributed by atoms with Gasteiger partial charge in [0.2, 0.25) is 0 Å². The molecular weight excluding hydrogens is 621 g/mol. The van der Waals surface area contributed by atoms with Crippen molar-refractivity contribution < 1.29 is 0 Å². The van der Waals surface area contributed by atoms with Crippen molar-refractivity contribution in [1.82, 2.24) is 19.5 Å². The van der Waals surface area contributed by atoms with E-state index in [-0.39, 0.29) is 0 Å². The first-order valence-corrected chi connectivity index (χ1v) is 17.2. The topological polar surface area (TPSA) is 43.6 Å². The zero-order chi connectivity index (χ0) is 33.7. The predicted molar refractivity (Wildman–Crippen MR) is 211 cm³/mol. The van der Waals surface area contributed by atoms with Gasteiger partial charge in [0.25, 0.3) is 0 Å². The highest BCUT2D eigenvalue weighted by molar-refractivity contribution is 6.10. The predicted octanol–water partition coefficient (Wildman–Crippen LogP) is 11.9. The largest absolute Gasteiger partial charge is 0.309 e. The third-order valence-corrected chi connectivity index (χ3v) is 9.82. The van der Waals surface area contributed by atoms with Gasteiger partial charge in [0.15, 0.2) is 17.5 Å². The molecule has 10 rings (SSSR count). The number of nitrogens with zero attached hydrogens (tertiary/aromatic N) is 4. The van der Waals surface area contributed by atoms with Crippen molar-refractivity contribution in [1.29, 1.82) is 0 Å². The van der Waals surface area contributed by atoms with E-state index in [9.17, 15) is 0 Å². The minimum absolute atomic E-state index is 0.629. The Balaban J connectivity index is 1.26. The van der Waals surface area contributed by atoms with E-state index in [1.807, 2.05) is 6.07 Å². The lowest BCUT2D eigenvalue weighted by molar-refractivity contribution is 1.07. The number of aromatic nitrogens is 4. The van der Waals surface area contributed by atoms with E-state index in [2.05, 4.69) is 180 Å². The molecule has 2 aromatic heterocycles. The summed E-state index contributed by atoms with van der Waals surface area (Å²) in [7, 11) is 0. The third kappa shape index (κ3) is 4.96. The molecule has 0 aliphatic heterocycles. The monoisotopic (exact) mass is 650 g/mol. The second-order valence-electron chi connectivity index (χ2n) is 12.9. The quantitative estimate of drug-likeness (QED) is 0.186. The third-order valence-electron chi connectivity index (χ3n) is 9.82. The van der Waals surface area contributed by atoms with Crippen molar-refractivity contribution in [3.8, 4) is 51.0 Å². The summed E-state index contributed by atoms with van der Waals surface area (Å²) in [5.41, 5.74) is 8.41. The summed E-state index contributed by atoms with van der Waals surface area (Å²) in [5, 5.41) is 6.96. The van der Waals surface area contributed by atoms with Gasteiger partial charge in [0.1, 0.15) is 0 Å². The number of fused-ring (bicyclic) bond motifs is 5. The second-order valence-corrected chi connectivity index (χ2v) is 12.9. The van der Waals surface area contributed by atoms with Crippen LogP contribution in [0.1, 0.15) is 0 Å². The zero-order valence-electron chi connectivity index (χ0n) is 27.6. The second kappa shape index (κ2) is 11.9. The molecule has 238 valence electrons. The highest BCUT2D eigenvalue weighted by Crippen LogP contribution is 2.38. The Morgan fingerprint density at radius 3 is 1.61 bits per heavy atom. The fourth-order valence-electron chi connectivity index (χ4n) is 7.43. The van der Waals surface area contributed by atoms with Crippen LogP contribution < -0.4 is 0 Å². The molecule has 0 spiro atoms. The molecule has 8 aromatic carbocycles. The van der Waals surface area contributed by atoms with Gasteiger partial charge in [-0.25, -0.2) is 15.0 Å². The Kier molecular flexibility index (Phi) is 6.78. The van der Waals surface area contributed by atoms with Crippen LogP contribution in [0, 0.1) is 0 Å². The van der Waals surface area contributed by atoms with Crippen molar-refractivity contribution in [3.05, 3.63) is 182 Å². The van der Waals surface area contributed by atoms with Crippen LogP contribution in [0.15, 0.2) is 182 Å². The summed E-state index contributed by atoms with van der Waals surface area (Å²) in [5.74, 6) is 1.90. The molecule has 0 fully saturated rings. The molecule has 0 aliphatic carbocycles. The van der Waals surface area contributed by atoms with Crippen LogP contribution in [0.25, 0.3) is 94.3 Å². The Morgan fingerprint density at radius 1 is 0.314 bits per heavy atom. The first kappa shape index (κ1) is 29.0. The SMILES string of the molecule is c1ccc(-c2ccccc2-c2nc(-c3ccc4ccccc4c3)nc(-c3cc(-n4c5ccccc5c5ccccc54)cc4ccccc34)n2)cc1. The molecule has 4 heteroatoms. The van der Waals surface area contributed by atoms with Gasteiger partial charge in [-0.1, -0.05) is 152 Å². The molecule has 0 aliphatic rings. The minimum Gasteiger partial charge on any atom is -0.309 e. The molecule has 0 saturated carbocycles. The van der Waals surface area contributed by atoms with Gasteiger partial charge in [-0.05, 0) is 63.0 Å². The van der Waals surface area contributed by atoms with Crippen molar-refractivity contribution in [2.24, 2.45) is 0 Å². The van der Waals surface area contributed by atoms with E-state index in [1.165, 1.54) is 16.2 Å². The van der Waals surface area contributed by atoms with Crippen molar-refractivity contribution in [2.45, 2.75) is 0 Å². The van der Waals surface area contributed by atoms with Gasteiger partial charge >= 0.3 is 0 Å². The maximum absolute atomic E-state index is 5.31. The maximum Gasteiger partial charge on any atom is 0.164 e. The van der Waals surface area contributed by atoms with E-state index >= 15 is 0 Å². The van der Waals surface area contributed by atoms with E-state index in [4.69, 9.17) is 15.0 Å². The lowest BCUT2D eigenvalue weighted by atomic mass is 9.98. The zero-order valence-corrected chi connectivity index (χ0v) is 27.6. The van der Waals surface area contributed by atoms with Crippen molar-refractivity contribution in [3.63, 3.8) is 0 Å². The fraction of sp³-hybridized carbons (Fsp3) is 0. The first-order chi connectivity index (χ1) is 25.3. The molecule has 0 atom stereocenters. The molecule has 0 amide bonds. The highest BCUT2D eigenvalue weighted by Gasteiger charge is 2.19. The molecule has 0 bridgehead atoms. The molecule has 0 unspecified atom stereocenters. The molecule has 10 aromatic rings. The van der Waals surface area contributed by atoms with Crippen LogP contribution in [0.3, 0.4) is 0 Å². The van der Waals surface area contributed by atoms with Crippen LogP contribution in [0.4, 0.5) is 0 Å². The number of rotatable bonds is 5. The fourth-order valence-corrected chi connectivity index (χ4v) is 7.43. The normalized spacial score (nSPS) is 11.5. The van der Waals surface area contributed by atoms with Crippen molar-refractivity contribution >= 4 is 43.4 Å². The van der Waals surface area contributed by atoms with Crippen LogP contribution in [0.5, 0.6) is 0 Å². The molecule has 2 heterocycles. The molecular formula is C47H30N4. The molecule has 51 heavy (non-hydrogen) atoms. The van der Waals surface area contributed by atoms with Gasteiger partial charge < -0.3 is 4.57 Å². The Bertz CT molecular complexity index is 2870. The average molecular weight is 651 g/mol. The molecule has 0 N–H and O–H groups in total. The number of hydrogen-bond donors (Lipinski definition) is 0. The van der Waals surface area contributed by atoms with Gasteiger partial charge in [0.05, 0.1) is 11.0 Å². The summed E-state index contributed by atoms with van der Waals surface area (Å²) in [6.45, 7) is 0. The standard InChI is InChI=1S/C47H30N4/c1-2-15-32(16-3-1)37-19-8-9-23-41(37)46-48-45(35-27-26-31-14-4-5-17-33(31)28-35)49-47(50-46)42-30-36(29-34-18-6-7-20-38(34)42)51-43-24-12-10-21-39(43)40-22-11-13-25-44(40)51/h1-30H. The van der Waals surface area contributed by atoms with Gasteiger partial charge in [-0.3, -0.25) is 0 Å². The summed E-state index contributed by atoms with van der Waals surface area (Å²) in [6, 6.07) is 63.9. The van der Waals surface area contributed by atoms with Crippen LogP contribution >= 0.6 is 0 Å². The Morgan fingerprint density at radius 2 is 0.863 bits per heavy atom. The molecule has 0 saturated heterocycles. The van der Waals surface area contributed by atoms with Crippen molar-refractivity contribution in [2.75, 3.05) is 0 Å². The lowest BCUT2D eigenvalue weighted by Crippen LogP contribution is -2.02. The Labute approximate surface area is 295 Å². The minimum atomic E-state index is 0.629. The summed E-state index contributed by atoms with van der Waals surface area (Å²) >= 11 is 0. The highest BCUT2D eigenvalue weighted by atomic mass is 15.0. The summed E-state index contributed by atoms with van der Waals surface area (Å²) < 4.78 is 2.36. The van der Waals surface area contributed by atoms with Gasteiger partial charge in [0, 0.05) is 33.2 Å². The van der Waals surface area contributed by atoms with E-state index < -0.39 is 0 Å². The maximum atomic E-state index is 5.31. The lowest BCUT2D eigenvalue weighted by Gasteiger charge is -2.15. The van der Waals surface area contributed by atoms with Gasteiger partial charge in [-0.15, -0.1) is 0 Å². The number of para-hydroxylation sites is 2. The summed E-state index contributed by atoms with van der Waals surface area (Å²) in [6.07, 6.45) is 0. The van der Waals surface area contributed by atoms with Crippen LogP contribution in [-0.4, -0.2) is 19.5 Å². The van der Waals surface area contributed by atoms with Crippen LogP contribution in [-0.2, 0) is 0 Å².